The molecule has 1 unspecified atom stereocenters. The fourth-order valence-electron chi connectivity index (χ4n) is 1.12. The first-order chi connectivity index (χ1) is 7.72. The molecule has 0 aromatic heterocycles. The molecule has 0 aliphatic heterocycles. The Morgan fingerprint density at radius 3 is 2.75 bits per heavy atom. The van der Waals surface area contributed by atoms with Gasteiger partial charge in [0.25, 0.3) is 0 Å². The summed E-state index contributed by atoms with van der Waals surface area (Å²) in [6.07, 6.45) is 1.02. The van der Waals surface area contributed by atoms with Crippen molar-refractivity contribution in [2.45, 2.75) is 19.6 Å². The minimum atomic E-state index is -0.421. The molecule has 0 radical (unpaired) electrons. The first-order valence-electron chi connectivity index (χ1n) is 5.17. The summed E-state index contributed by atoms with van der Waals surface area (Å²) >= 11 is 0. The predicted octanol–water partition coefficient (Wildman–Crippen LogP) is 2.32. The van der Waals surface area contributed by atoms with Gasteiger partial charge in [0.05, 0.1) is 12.7 Å². The highest BCUT2D eigenvalue weighted by atomic mass is 16.6. The first-order valence-corrected chi connectivity index (χ1v) is 5.17. The fourth-order valence-corrected chi connectivity index (χ4v) is 1.12. The predicted molar refractivity (Wildman–Crippen MR) is 61.8 cm³/mol. The van der Waals surface area contributed by atoms with Crippen molar-refractivity contribution in [3.05, 3.63) is 48.6 Å². The molecule has 0 spiro atoms. The van der Waals surface area contributed by atoms with Gasteiger partial charge in [0.2, 0.25) is 0 Å². The molecule has 1 aromatic carbocycles. The van der Waals surface area contributed by atoms with Crippen LogP contribution in [0.2, 0.25) is 0 Å². The molecule has 0 saturated heterocycles. The lowest BCUT2D eigenvalue weighted by Crippen LogP contribution is -2.18. The lowest BCUT2D eigenvalue weighted by Gasteiger charge is -2.12. The monoisotopic (exact) mass is 220 g/mol. The third kappa shape index (κ3) is 4.75. The summed E-state index contributed by atoms with van der Waals surface area (Å²) in [6.45, 7) is 5.95. The van der Waals surface area contributed by atoms with Gasteiger partial charge in [-0.05, 0) is 12.5 Å². The lowest BCUT2D eigenvalue weighted by molar-refractivity contribution is -0.141. The normalized spacial score (nSPS) is 11.8. The molecular formula is C13H16O3. The maximum absolute atomic E-state index is 10.8. The second kappa shape index (κ2) is 6.80. The minimum Gasteiger partial charge on any atom is -0.460 e. The highest BCUT2D eigenvalue weighted by molar-refractivity contribution is 5.81. The number of benzene rings is 1. The molecule has 1 rings (SSSR count). The molecule has 16 heavy (non-hydrogen) atoms. The SMILES string of the molecule is C=CC(=O)OCC(C)OCc1ccccc1. The van der Waals surface area contributed by atoms with Gasteiger partial charge < -0.3 is 9.47 Å². The van der Waals surface area contributed by atoms with E-state index >= 15 is 0 Å². The van der Waals surface area contributed by atoms with Gasteiger partial charge in [0, 0.05) is 6.08 Å². The van der Waals surface area contributed by atoms with Crippen molar-refractivity contribution in [1.82, 2.24) is 0 Å². The highest BCUT2D eigenvalue weighted by Crippen LogP contribution is 2.03. The molecule has 0 amide bonds. The molecule has 0 saturated carbocycles. The maximum Gasteiger partial charge on any atom is 0.330 e. The van der Waals surface area contributed by atoms with Gasteiger partial charge in [-0.2, -0.15) is 0 Å². The molecule has 0 aliphatic rings. The quantitative estimate of drug-likeness (QED) is 0.545. The minimum absolute atomic E-state index is 0.121. The topological polar surface area (TPSA) is 35.5 Å². The number of rotatable bonds is 6. The largest absolute Gasteiger partial charge is 0.460 e. The van der Waals surface area contributed by atoms with Crippen molar-refractivity contribution < 1.29 is 14.3 Å². The number of esters is 1. The van der Waals surface area contributed by atoms with Crippen molar-refractivity contribution >= 4 is 5.97 Å². The summed E-state index contributed by atoms with van der Waals surface area (Å²) in [4.78, 5) is 10.8. The van der Waals surface area contributed by atoms with Crippen molar-refractivity contribution in [2.24, 2.45) is 0 Å². The van der Waals surface area contributed by atoms with Crippen LogP contribution < -0.4 is 0 Å². The second-order valence-corrected chi connectivity index (χ2v) is 3.44. The molecular weight excluding hydrogens is 204 g/mol. The van der Waals surface area contributed by atoms with Crippen LogP contribution in [0.1, 0.15) is 12.5 Å². The Kier molecular flexibility index (Phi) is 5.29. The van der Waals surface area contributed by atoms with Crippen LogP contribution in [0.4, 0.5) is 0 Å². The second-order valence-electron chi connectivity index (χ2n) is 3.44. The average molecular weight is 220 g/mol. The van der Waals surface area contributed by atoms with E-state index in [4.69, 9.17) is 9.47 Å². The Bertz CT molecular complexity index is 332. The van der Waals surface area contributed by atoms with Gasteiger partial charge in [0.1, 0.15) is 6.61 Å². The molecule has 3 heteroatoms. The molecule has 1 aromatic rings. The summed E-state index contributed by atoms with van der Waals surface area (Å²) in [6, 6.07) is 9.85. The first kappa shape index (κ1) is 12.5. The molecule has 0 aliphatic carbocycles. The smallest absolute Gasteiger partial charge is 0.330 e. The van der Waals surface area contributed by atoms with Gasteiger partial charge in [-0.15, -0.1) is 0 Å². The van der Waals surface area contributed by atoms with E-state index in [1.54, 1.807) is 0 Å². The molecule has 3 nitrogen and oxygen atoms in total. The Balaban J connectivity index is 2.22. The number of hydrogen-bond donors (Lipinski definition) is 0. The van der Waals surface area contributed by atoms with Crippen molar-refractivity contribution in [3.63, 3.8) is 0 Å². The van der Waals surface area contributed by atoms with Crippen LogP contribution in [0.25, 0.3) is 0 Å². The third-order valence-electron chi connectivity index (χ3n) is 2.00. The van der Waals surface area contributed by atoms with Crippen molar-refractivity contribution in [2.75, 3.05) is 6.61 Å². The van der Waals surface area contributed by atoms with E-state index in [1.807, 2.05) is 37.3 Å². The number of carbonyl (C=O) groups is 1. The molecule has 0 fully saturated rings. The fraction of sp³-hybridized carbons (Fsp3) is 0.308. The molecule has 0 heterocycles. The summed E-state index contributed by atoms with van der Waals surface area (Å²) in [5.74, 6) is -0.421. The summed E-state index contributed by atoms with van der Waals surface area (Å²) in [5, 5.41) is 0. The molecule has 86 valence electrons. The van der Waals surface area contributed by atoms with Gasteiger partial charge in [-0.25, -0.2) is 4.79 Å². The maximum atomic E-state index is 10.8. The van der Waals surface area contributed by atoms with Crippen LogP contribution in [-0.2, 0) is 20.9 Å². The third-order valence-corrected chi connectivity index (χ3v) is 2.00. The Morgan fingerprint density at radius 1 is 1.44 bits per heavy atom. The molecule has 0 N–H and O–H groups in total. The van der Waals surface area contributed by atoms with Crippen molar-refractivity contribution in [3.8, 4) is 0 Å². The average Bonchev–Trinajstić information content (AvgIpc) is 2.34. The zero-order chi connectivity index (χ0) is 11.8. The van der Waals surface area contributed by atoms with E-state index < -0.39 is 5.97 Å². The Morgan fingerprint density at radius 2 is 2.12 bits per heavy atom. The van der Waals surface area contributed by atoms with Gasteiger partial charge in [0.15, 0.2) is 0 Å². The summed E-state index contributed by atoms with van der Waals surface area (Å²) < 4.78 is 10.4. The Hall–Kier alpha value is -1.61. The van der Waals surface area contributed by atoms with E-state index in [-0.39, 0.29) is 12.7 Å². The zero-order valence-electron chi connectivity index (χ0n) is 9.39. The van der Waals surface area contributed by atoms with Crippen LogP contribution in [0.3, 0.4) is 0 Å². The van der Waals surface area contributed by atoms with E-state index in [9.17, 15) is 4.79 Å². The number of carbonyl (C=O) groups excluding carboxylic acids is 1. The van der Waals surface area contributed by atoms with E-state index in [1.165, 1.54) is 0 Å². The van der Waals surface area contributed by atoms with Gasteiger partial charge in [-0.3, -0.25) is 0 Å². The Labute approximate surface area is 95.7 Å². The number of ether oxygens (including phenoxy) is 2. The lowest BCUT2D eigenvalue weighted by atomic mass is 10.2. The van der Waals surface area contributed by atoms with E-state index in [2.05, 4.69) is 6.58 Å². The van der Waals surface area contributed by atoms with E-state index in [0.717, 1.165) is 11.6 Å². The molecule has 0 bridgehead atoms. The summed E-state index contributed by atoms with van der Waals surface area (Å²) in [5.41, 5.74) is 1.10. The van der Waals surface area contributed by atoms with Gasteiger partial charge in [-0.1, -0.05) is 36.9 Å². The highest BCUT2D eigenvalue weighted by Gasteiger charge is 2.05. The van der Waals surface area contributed by atoms with Crippen LogP contribution in [-0.4, -0.2) is 18.7 Å². The molecule has 1 atom stereocenters. The van der Waals surface area contributed by atoms with Crippen molar-refractivity contribution in [1.29, 1.82) is 0 Å². The van der Waals surface area contributed by atoms with E-state index in [0.29, 0.717) is 6.61 Å². The standard InChI is InChI=1S/C13H16O3/c1-3-13(14)16-9-11(2)15-10-12-7-5-4-6-8-12/h3-8,11H,1,9-10H2,2H3. The number of hydrogen-bond acceptors (Lipinski definition) is 3. The van der Waals surface area contributed by atoms with Crippen LogP contribution in [0.5, 0.6) is 0 Å². The van der Waals surface area contributed by atoms with Crippen LogP contribution >= 0.6 is 0 Å². The van der Waals surface area contributed by atoms with Crippen LogP contribution in [0, 0.1) is 0 Å². The van der Waals surface area contributed by atoms with Gasteiger partial charge >= 0.3 is 5.97 Å². The summed E-state index contributed by atoms with van der Waals surface area (Å²) in [7, 11) is 0. The zero-order valence-corrected chi connectivity index (χ0v) is 9.39. The van der Waals surface area contributed by atoms with Crippen LogP contribution in [0.15, 0.2) is 43.0 Å².